The zero-order valence-corrected chi connectivity index (χ0v) is 14.0. The lowest BCUT2D eigenvalue weighted by molar-refractivity contribution is 0.0244. The molecular weight excluding hydrogens is 305 g/mol. The van der Waals surface area contributed by atoms with E-state index in [1.54, 1.807) is 28.8 Å². The molecule has 1 aromatic carbocycles. The van der Waals surface area contributed by atoms with Gasteiger partial charge in [-0.15, -0.1) is 11.8 Å². The van der Waals surface area contributed by atoms with Gasteiger partial charge in [0.15, 0.2) is 0 Å². The van der Waals surface area contributed by atoms with Crippen LogP contribution in [0.3, 0.4) is 0 Å². The Morgan fingerprint density at radius 3 is 2.68 bits per heavy atom. The van der Waals surface area contributed by atoms with Crippen LogP contribution in [-0.4, -0.2) is 48.1 Å². The molecule has 1 amide bonds. The number of amides is 1. The van der Waals surface area contributed by atoms with Gasteiger partial charge in [0.2, 0.25) is 0 Å². The summed E-state index contributed by atoms with van der Waals surface area (Å²) in [6.45, 7) is 7.69. The summed E-state index contributed by atoms with van der Waals surface area (Å²) in [5.74, 6) is -0.253. The first-order valence-electron chi connectivity index (χ1n) is 7.31. The first kappa shape index (κ1) is 17.1. The van der Waals surface area contributed by atoms with Crippen LogP contribution in [0.2, 0.25) is 0 Å². The topological polar surface area (TPSA) is 38.8 Å². The number of halogens is 1. The molecule has 0 aliphatic carbocycles. The third-order valence-corrected chi connectivity index (χ3v) is 4.16. The van der Waals surface area contributed by atoms with Gasteiger partial charge in [-0.25, -0.2) is 9.18 Å². The maximum absolute atomic E-state index is 13.0. The van der Waals surface area contributed by atoms with Gasteiger partial charge >= 0.3 is 6.09 Å². The maximum Gasteiger partial charge on any atom is 0.410 e. The highest BCUT2D eigenvalue weighted by Crippen LogP contribution is 2.26. The molecule has 0 spiro atoms. The minimum Gasteiger partial charge on any atom is -0.444 e. The van der Waals surface area contributed by atoms with E-state index in [0.717, 1.165) is 4.90 Å². The van der Waals surface area contributed by atoms with Crippen molar-refractivity contribution in [2.24, 2.45) is 0 Å². The molecule has 22 heavy (non-hydrogen) atoms. The number of benzene rings is 1. The van der Waals surface area contributed by atoms with Gasteiger partial charge in [0.1, 0.15) is 11.4 Å². The summed E-state index contributed by atoms with van der Waals surface area (Å²) in [6.07, 6.45) is -0.317. The fraction of sp³-hybridized carbons (Fsp3) is 0.562. The highest BCUT2D eigenvalue weighted by Gasteiger charge is 2.27. The fourth-order valence-electron chi connectivity index (χ4n) is 2.05. The van der Waals surface area contributed by atoms with Gasteiger partial charge in [0.05, 0.1) is 18.5 Å². The van der Waals surface area contributed by atoms with Gasteiger partial charge in [-0.3, -0.25) is 0 Å². The molecule has 1 atom stereocenters. The summed E-state index contributed by atoms with van der Waals surface area (Å²) in [5.41, 5.74) is -0.510. The Kier molecular flexibility index (Phi) is 5.69. The highest BCUT2D eigenvalue weighted by molar-refractivity contribution is 8.00. The number of nitrogens with zero attached hydrogens (tertiary/aromatic N) is 1. The molecule has 1 saturated heterocycles. The van der Waals surface area contributed by atoms with Gasteiger partial charge in [-0.2, -0.15) is 0 Å². The molecule has 0 unspecified atom stereocenters. The SMILES string of the molecule is CC(C)(C)OC(=O)N1CCOC[C@@H](Sc2ccc(F)cc2)C1. The van der Waals surface area contributed by atoms with Crippen molar-refractivity contribution in [3.8, 4) is 0 Å². The molecule has 0 bridgehead atoms. The number of carbonyl (C=O) groups excluding carboxylic acids is 1. The minimum atomic E-state index is -0.510. The predicted octanol–water partition coefficient (Wildman–Crippen LogP) is 3.55. The van der Waals surface area contributed by atoms with Crippen LogP contribution in [0.25, 0.3) is 0 Å². The van der Waals surface area contributed by atoms with Crippen LogP contribution in [0, 0.1) is 5.82 Å². The van der Waals surface area contributed by atoms with Crippen LogP contribution in [0.4, 0.5) is 9.18 Å². The van der Waals surface area contributed by atoms with Crippen molar-refractivity contribution < 1.29 is 18.7 Å². The third-order valence-electron chi connectivity index (χ3n) is 3.00. The monoisotopic (exact) mass is 327 g/mol. The van der Waals surface area contributed by atoms with Crippen LogP contribution in [0.15, 0.2) is 29.2 Å². The van der Waals surface area contributed by atoms with Crippen molar-refractivity contribution >= 4 is 17.9 Å². The Hall–Kier alpha value is -1.27. The second-order valence-corrected chi connectivity index (χ2v) is 7.57. The lowest BCUT2D eigenvalue weighted by Gasteiger charge is -2.27. The molecule has 1 fully saturated rings. The fourth-order valence-corrected chi connectivity index (χ4v) is 3.15. The lowest BCUT2D eigenvalue weighted by atomic mass is 10.2. The van der Waals surface area contributed by atoms with E-state index in [2.05, 4.69) is 0 Å². The van der Waals surface area contributed by atoms with Crippen molar-refractivity contribution in [1.82, 2.24) is 4.90 Å². The van der Waals surface area contributed by atoms with E-state index in [1.165, 1.54) is 12.1 Å². The first-order valence-corrected chi connectivity index (χ1v) is 8.19. The van der Waals surface area contributed by atoms with Crippen LogP contribution < -0.4 is 0 Å². The van der Waals surface area contributed by atoms with E-state index in [9.17, 15) is 9.18 Å². The number of carbonyl (C=O) groups is 1. The number of hydrogen-bond acceptors (Lipinski definition) is 4. The Morgan fingerprint density at radius 2 is 2.05 bits per heavy atom. The molecule has 1 aromatic rings. The summed E-state index contributed by atoms with van der Waals surface area (Å²) in [7, 11) is 0. The van der Waals surface area contributed by atoms with E-state index >= 15 is 0 Å². The van der Waals surface area contributed by atoms with Gasteiger partial charge in [0, 0.05) is 18.0 Å². The normalized spacial score (nSPS) is 19.6. The Bertz CT molecular complexity index is 501. The van der Waals surface area contributed by atoms with Crippen LogP contribution >= 0.6 is 11.8 Å². The molecule has 0 saturated carbocycles. The van der Waals surface area contributed by atoms with E-state index in [-0.39, 0.29) is 17.2 Å². The Balaban J connectivity index is 1.97. The molecule has 4 nitrogen and oxygen atoms in total. The number of ether oxygens (including phenoxy) is 2. The maximum atomic E-state index is 13.0. The summed E-state index contributed by atoms with van der Waals surface area (Å²) in [6, 6.07) is 6.35. The van der Waals surface area contributed by atoms with Gasteiger partial charge in [-0.1, -0.05) is 0 Å². The first-order chi connectivity index (χ1) is 10.3. The van der Waals surface area contributed by atoms with Crippen LogP contribution in [-0.2, 0) is 9.47 Å². The second kappa shape index (κ2) is 7.33. The summed E-state index contributed by atoms with van der Waals surface area (Å²) >= 11 is 1.58. The van der Waals surface area contributed by atoms with Crippen molar-refractivity contribution in [1.29, 1.82) is 0 Å². The number of thioether (sulfide) groups is 1. The summed E-state index contributed by atoms with van der Waals surface area (Å²) < 4.78 is 23.9. The average molecular weight is 327 g/mol. The van der Waals surface area contributed by atoms with E-state index in [1.807, 2.05) is 20.8 Å². The van der Waals surface area contributed by atoms with Crippen molar-refractivity contribution in [3.05, 3.63) is 30.1 Å². The molecule has 0 N–H and O–H groups in total. The summed E-state index contributed by atoms with van der Waals surface area (Å²) in [4.78, 5) is 14.8. The van der Waals surface area contributed by atoms with Crippen LogP contribution in [0.5, 0.6) is 0 Å². The highest BCUT2D eigenvalue weighted by atomic mass is 32.2. The molecule has 6 heteroatoms. The predicted molar refractivity (Wildman–Crippen MR) is 84.7 cm³/mol. The molecule has 1 aliphatic rings. The molecule has 1 aliphatic heterocycles. The van der Waals surface area contributed by atoms with Gasteiger partial charge < -0.3 is 14.4 Å². The molecule has 0 aromatic heterocycles. The molecule has 0 radical (unpaired) electrons. The quantitative estimate of drug-likeness (QED) is 0.833. The standard InChI is InChI=1S/C16H22FNO3S/c1-16(2,3)21-15(19)18-8-9-20-11-14(10-18)22-13-6-4-12(17)5-7-13/h4-7,14H,8-11H2,1-3H3/t14-/m0/s1. The number of rotatable bonds is 2. The largest absolute Gasteiger partial charge is 0.444 e. The Labute approximate surface area is 135 Å². The van der Waals surface area contributed by atoms with Gasteiger partial charge in [-0.05, 0) is 45.0 Å². The minimum absolute atomic E-state index is 0.0977. The molecule has 1 heterocycles. The van der Waals surface area contributed by atoms with Gasteiger partial charge in [0.25, 0.3) is 0 Å². The van der Waals surface area contributed by atoms with Crippen molar-refractivity contribution in [3.63, 3.8) is 0 Å². The molecule has 2 rings (SSSR count). The van der Waals surface area contributed by atoms with E-state index < -0.39 is 5.60 Å². The second-order valence-electron chi connectivity index (χ2n) is 6.20. The summed E-state index contributed by atoms with van der Waals surface area (Å²) in [5, 5.41) is 0.0977. The van der Waals surface area contributed by atoms with E-state index in [4.69, 9.17) is 9.47 Å². The van der Waals surface area contributed by atoms with Crippen molar-refractivity contribution in [2.45, 2.75) is 36.5 Å². The van der Waals surface area contributed by atoms with Crippen LogP contribution in [0.1, 0.15) is 20.8 Å². The zero-order valence-electron chi connectivity index (χ0n) is 13.2. The Morgan fingerprint density at radius 1 is 1.36 bits per heavy atom. The smallest absolute Gasteiger partial charge is 0.410 e. The third kappa shape index (κ3) is 5.50. The molecule has 122 valence electrons. The van der Waals surface area contributed by atoms with E-state index in [0.29, 0.717) is 26.3 Å². The van der Waals surface area contributed by atoms with Crippen molar-refractivity contribution in [2.75, 3.05) is 26.3 Å². The lowest BCUT2D eigenvalue weighted by Crippen LogP contribution is -2.40. The molecular formula is C16H22FNO3S. The number of hydrogen-bond donors (Lipinski definition) is 0. The zero-order chi connectivity index (χ0) is 16.2. The average Bonchev–Trinajstić information content (AvgIpc) is 2.65.